The smallest absolute Gasteiger partial charge is 0.186 e. The zero-order valence-corrected chi connectivity index (χ0v) is 17.4. The van der Waals surface area contributed by atoms with Crippen molar-refractivity contribution in [2.75, 3.05) is 7.11 Å². The van der Waals surface area contributed by atoms with Crippen LogP contribution in [0.2, 0.25) is 0 Å². The van der Waals surface area contributed by atoms with Gasteiger partial charge >= 0.3 is 0 Å². The van der Waals surface area contributed by atoms with Crippen LogP contribution in [0.4, 0.5) is 0 Å². The highest BCUT2D eigenvalue weighted by Gasteiger charge is 2.25. The molecule has 0 atom stereocenters. The first-order chi connectivity index (χ1) is 12.5. The van der Waals surface area contributed by atoms with Crippen LogP contribution in [0.5, 0.6) is 5.75 Å². The molecule has 1 heterocycles. The van der Waals surface area contributed by atoms with Crippen molar-refractivity contribution in [3.05, 3.63) is 63.9 Å². The van der Waals surface area contributed by atoms with Gasteiger partial charge in [0.2, 0.25) is 0 Å². The molecule has 3 aromatic rings. The monoisotopic (exact) mass is 363 g/mol. The van der Waals surface area contributed by atoms with E-state index in [-0.39, 0.29) is 16.3 Å². The summed E-state index contributed by atoms with van der Waals surface area (Å²) in [5.41, 5.74) is 4.53. The third-order valence-corrected chi connectivity index (χ3v) is 5.04. The van der Waals surface area contributed by atoms with E-state index in [1.165, 1.54) is 0 Å². The molecule has 0 bridgehead atoms. The molecule has 2 aromatic carbocycles. The van der Waals surface area contributed by atoms with Crippen molar-refractivity contribution in [3.8, 4) is 16.9 Å². The average molecular weight is 364 g/mol. The average Bonchev–Trinajstić information content (AvgIpc) is 2.90. The Morgan fingerprint density at radius 3 is 1.93 bits per heavy atom. The number of rotatable bonds is 2. The van der Waals surface area contributed by atoms with Gasteiger partial charge in [-0.05, 0) is 40.7 Å². The van der Waals surface area contributed by atoms with Gasteiger partial charge in [0.25, 0.3) is 0 Å². The van der Waals surface area contributed by atoms with Crippen LogP contribution in [-0.4, -0.2) is 12.1 Å². The molecule has 0 aliphatic rings. The summed E-state index contributed by atoms with van der Waals surface area (Å²) in [5.74, 6) is 0.830. The first-order valence-electron chi connectivity index (χ1n) is 9.37. The summed E-state index contributed by atoms with van der Waals surface area (Å²) < 4.78 is 5.27. The number of fused-ring (bicyclic) bond motifs is 1. The van der Waals surface area contributed by atoms with Gasteiger partial charge in [0.1, 0.15) is 5.75 Å². The quantitative estimate of drug-likeness (QED) is 0.625. The maximum absolute atomic E-state index is 13.4. The normalized spacial score (nSPS) is 12.4. The minimum absolute atomic E-state index is 0.139. The van der Waals surface area contributed by atoms with E-state index in [9.17, 15) is 4.79 Å². The van der Waals surface area contributed by atoms with Crippen LogP contribution in [0.3, 0.4) is 0 Å². The van der Waals surface area contributed by atoms with Gasteiger partial charge in [-0.1, -0.05) is 53.7 Å². The SMILES string of the molecule is COc1ccc(-c2c[nH]c3cc(C(C)(C)C)c(=O)c(C(C)(C)C)cc23)cc1. The molecule has 0 saturated heterocycles. The minimum atomic E-state index is -0.239. The zero-order chi connectivity index (χ0) is 20.0. The second-order valence-corrected chi connectivity index (χ2v) is 9.20. The van der Waals surface area contributed by atoms with E-state index in [0.29, 0.717) is 0 Å². The van der Waals surface area contributed by atoms with Crippen molar-refractivity contribution < 1.29 is 4.74 Å². The maximum Gasteiger partial charge on any atom is 0.186 e. The molecule has 1 aromatic heterocycles. The van der Waals surface area contributed by atoms with Crippen molar-refractivity contribution >= 4 is 10.9 Å². The Labute approximate surface area is 161 Å². The lowest BCUT2D eigenvalue weighted by Crippen LogP contribution is -2.28. The standard InChI is InChI=1S/C24H29NO2/c1-23(2,3)19-12-17-18(15-8-10-16(27-7)11-9-15)14-25-21(17)13-20(22(19)26)24(4,5)6/h8-14,25H,1-7H3. The number of aromatic nitrogens is 1. The minimum Gasteiger partial charge on any atom is -0.497 e. The van der Waals surface area contributed by atoms with Crippen LogP contribution in [0.25, 0.3) is 22.0 Å². The topological polar surface area (TPSA) is 42.1 Å². The van der Waals surface area contributed by atoms with E-state index in [2.05, 4.69) is 52.6 Å². The summed E-state index contributed by atoms with van der Waals surface area (Å²) in [6, 6.07) is 12.1. The van der Waals surface area contributed by atoms with Gasteiger partial charge < -0.3 is 9.72 Å². The molecule has 1 N–H and O–H groups in total. The number of ether oxygens (including phenoxy) is 1. The van der Waals surface area contributed by atoms with Crippen LogP contribution < -0.4 is 10.2 Å². The summed E-state index contributed by atoms with van der Waals surface area (Å²) in [6.07, 6.45) is 2.02. The summed E-state index contributed by atoms with van der Waals surface area (Å²) in [5, 5.41) is 1.07. The van der Waals surface area contributed by atoms with Crippen molar-refractivity contribution in [3.63, 3.8) is 0 Å². The molecule has 27 heavy (non-hydrogen) atoms. The molecule has 0 aliphatic heterocycles. The third kappa shape index (κ3) is 3.64. The molecule has 0 fully saturated rings. The fraction of sp³-hybridized carbons (Fsp3) is 0.375. The number of H-pyrrole nitrogens is 1. The number of methoxy groups -OCH3 is 1. The van der Waals surface area contributed by atoms with Crippen molar-refractivity contribution in [2.45, 2.75) is 52.4 Å². The zero-order valence-electron chi connectivity index (χ0n) is 17.4. The van der Waals surface area contributed by atoms with Gasteiger partial charge in [-0.25, -0.2) is 0 Å². The predicted octanol–water partition coefficient (Wildman–Crippen LogP) is 5.80. The molecule has 3 heteroatoms. The highest BCUT2D eigenvalue weighted by atomic mass is 16.5. The van der Waals surface area contributed by atoms with Crippen LogP contribution in [0, 0.1) is 0 Å². The molecule has 0 aliphatic carbocycles. The van der Waals surface area contributed by atoms with Gasteiger partial charge in [0.15, 0.2) is 5.43 Å². The molecular weight excluding hydrogens is 334 g/mol. The first-order valence-corrected chi connectivity index (χ1v) is 9.37. The van der Waals surface area contributed by atoms with Gasteiger partial charge in [0.05, 0.1) is 7.11 Å². The lowest BCUT2D eigenvalue weighted by Gasteiger charge is -2.21. The largest absolute Gasteiger partial charge is 0.497 e. The summed E-state index contributed by atoms with van der Waals surface area (Å²) in [7, 11) is 1.67. The maximum atomic E-state index is 13.4. The molecule has 0 amide bonds. The fourth-order valence-corrected chi connectivity index (χ4v) is 3.41. The van der Waals surface area contributed by atoms with E-state index in [1.54, 1.807) is 7.11 Å². The van der Waals surface area contributed by atoms with E-state index >= 15 is 0 Å². The number of hydrogen-bond donors (Lipinski definition) is 1. The van der Waals surface area contributed by atoms with E-state index in [4.69, 9.17) is 4.74 Å². The van der Waals surface area contributed by atoms with Crippen LogP contribution in [0.1, 0.15) is 52.7 Å². The van der Waals surface area contributed by atoms with Crippen molar-refractivity contribution in [2.24, 2.45) is 0 Å². The number of nitrogens with one attached hydrogen (secondary N) is 1. The Balaban J connectivity index is 2.38. The molecule has 3 rings (SSSR count). The Bertz CT molecular complexity index is 1030. The second kappa shape index (κ2) is 6.56. The number of hydrogen-bond acceptors (Lipinski definition) is 2. The van der Waals surface area contributed by atoms with Crippen LogP contribution in [-0.2, 0) is 10.8 Å². The Hall–Kier alpha value is -2.55. The second-order valence-electron chi connectivity index (χ2n) is 9.20. The Morgan fingerprint density at radius 1 is 0.852 bits per heavy atom. The lowest BCUT2D eigenvalue weighted by molar-refractivity contribution is 0.415. The van der Waals surface area contributed by atoms with Gasteiger partial charge in [0, 0.05) is 33.8 Å². The Morgan fingerprint density at radius 2 is 1.41 bits per heavy atom. The summed E-state index contributed by atoms with van der Waals surface area (Å²) in [4.78, 5) is 16.8. The first kappa shape index (κ1) is 19.2. The lowest BCUT2D eigenvalue weighted by atomic mass is 9.82. The summed E-state index contributed by atoms with van der Waals surface area (Å²) in [6.45, 7) is 12.6. The van der Waals surface area contributed by atoms with Gasteiger partial charge in [-0.3, -0.25) is 4.79 Å². The van der Waals surface area contributed by atoms with Crippen LogP contribution in [0.15, 0.2) is 47.4 Å². The van der Waals surface area contributed by atoms with E-state index in [1.807, 2.05) is 36.5 Å². The molecule has 0 radical (unpaired) electrons. The van der Waals surface area contributed by atoms with E-state index in [0.717, 1.165) is 38.9 Å². The van der Waals surface area contributed by atoms with Crippen molar-refractivity contribution in [1.29, 1.82) is 0 Å². The molecular formula is C24H29NO2. The van der Waals surface area contributed by atoms with Gasteiger partial charge in [-0.15, -0.1) is 0 Å². The summed E-state index contributed by atoms with van der Waals surface area (Å²) >= 11 is 0. The van der Waals surface area contributed by atoms with E-state index < -0.39 is 0 Å². The number of aromatic amines is 1. The molecule has 0 saturated carbocycles. The van der Waals surface area contributed by atoms with Crippen LogP contribution >= 0.6 is 0 Å². The van der Waals surface area contributed by atoms with Crippen molar-refractivity contribution in [1.82, 2.24) is 4.98 Å². The molecule has 3 nitrogen and oxygen atoms in total. The third-order valence-electron chi connectivity index (χ3n) is 5.04. The van der Waals surface area contributed by atoms with Gasteiger partial charge in [-0.2, -0.15) is 0 Å². The molecule has 0 unspecified atom stereocenters. The fourth-order valence-electron chi connectivity index (χ4n) is 3.41. The highest BCUT2D eigenvalue weighted by Crippen LogP contribution is 2.33. The molecule has 0 spiro atoms. The highest BCUT2D eigenvalue weighted by molar-refractivity contribution is 5.96. The Kier molecular flexibility index (Phi) is 4.67. The molecule has 142 valence electrons. The number of benzene rings is 1. The predicted molar refractivity (Wildman–Crippen MR) is 114 cm³/mol.